The average Bonchev–Trinajstić information content (AvgIpc) is 3.38. The van der Waals surface area contributed by atoms with Gasteiger partial charge >= 0.3 is 6.09 Å². The molecule has 5 rings (SSSR count). The van der Waals surface area contributed by atoms with Crippen molar-refractivity contribution in [2.75, 3.05) is 26.2 Å². The van der Waals surface area contributed by atoms with Crippen LogP contribution in [0.1, 0.15) is 68.1 Å². The van der Waals surface area contributed by atoms with Crippen LogP contribution in [0.15, 0.2) is 52.9 Å². The van der Waals surface area contributed by atoms with Crippen LogP contribution in [-0.4, -0.2) is 65.7 Å². The van der Waals surface area contributed by atoms with Gasteiger partial charge in [-0.25, -0.2) is 4.79 Å². The Morgan fingerprint density at radius 1 is 1.00 bits per heavy atom. The number of amides is 2. The van der Waals surface area contributed by atoms with Gasteiger partial charge in [0.25, 0.3) is 5.91 Å². The molecule has 2 amide bonds. The first-order chi connectivity index (χ1) is 19.6. The molecule has 3 heterocycles. The maximum Gasteiger partial charge on any atom is 0.410 e. The molecule has 2 aliphatic heterocycles. The van der Waals surface area contributed by atoms with E-state index >= 15 is 0 Å². The lowest BCUT2D eigenvalue weighted by atomic mass is 10.1. The van der Waals surface area contributed by atoms with Gasteiger partial charge in [-0.3, -0.25) is 9.69 Å². The van der Waals surface area contributed by atoms with Gasteiger partial charge in [-0.15, -0.1) is 0 Å². The third-order valence-electron chi connectivity index (χ3n) is 7.52. The standard InChI is InChI=1S/C32H38N4O5/c1-32(2,3)41-31(38)36-16-10-25(11-17-36)34-30(37)29-19-24-18-27(8-9-28(24)40-29)39-26-12-14-35(15-13-26)21-23-6-4-22(20-33)5-7-23/h4-9,18-19,25-26H,10-17,21H2,1-3H3,(H,34,37). The molecule has 0 spiro atoms. The van der Waals surface area contributed by atoms with Gasteiger partial charge in [0, 0.05) is 44.2 Å². The van der Waals surface area contributed by atoms with Crippen molar-refractivity contribution in [2.45, 2.75) is 70.7 Å². The number of ether oxygens (including phenoxy) is 2. The minimum atomic E-state index is -0.528. The Kier molecular flexibility index (Phi) is 8.50. The van der Waals surface area contributed by atoms with Crippen LogP contribution in [0, 0.1) is 11.3 Å². The quantitative estimate of drug-likeness (QED) is 0.427. The van der Waals surface area contributed by atoms with Crippen molar-refractivity contribution in [3.05, 3.63) is 65.4 Å². The number of hydrogen-bond acceptors (Lipinski definition) is 7. The van der Waals surface area contributed by atoms with Crippen LogP contribution in [0.3, 0.4) is 0 Å². The zero-order valence-corrected chi connectivity index (χ0v) is 24.0. The van der Waals surface area contributed by atoms with E-state index in [4.69, 9.17) is 19.2 Å². The number of nitriles is 1. The van der Waals surface area contributed by atoms with Crippen LogP contribution < -0.4 is 10.1 Å². The molecule has 0 saturated carbocycles. The van der Waals surface area contributed by atoms with Gasteiger partial charge in [-0.05, 0) is 88.4 Å². The summed E-state index contributed by atoms with van der Waals surface area (Å²) in [4.78, 5) is 29.3. The molecule has 0 aliphatic carbocycles. The molecular formula is C32H38N4O5. The number of nitrogens with one attached hydrogen (secondary N) is 1. The molecule has 1 aromatic heterocycles. The summed E-state index contributed by atoms with van der Waals surface area (Å²) in [6.07, 6.45) is 3.00. The van der Waals surface area contributed by atoms with Gasteiger partial charge in [0.15, 0.2) is 5.76 Å². The Bertz CT molecular complexity index is 1400. The highest BCUT2D eigenvalue weighted by molar-refractivity contribution is 5.96. The maximum absolute atomic E-state index is 12.9. The first-order valence-corrected chi connectivity index (χ1v) is 14.4. The first kappa shape index (κ1) is 28.5. The largest absolute Gasteiger partial charge is 0.490 e. The Morgan fingerprint density at radius 3 is 2.37 bits per heavy atom. The minimum Gasteiger partial charge on any atom is -0.490 e. The highest BCUT2D eigenvalue weighted by Crippen LogP contribution is 2.27. The number of benzene rings is 2. The van der Waals surface area contributed by atoms with E-state index in [1.165, 1.54) is 5.56 Å². The number of carbonyl (C=O) groups is 2. The summed E-state index contributed by atoms with van der Waals surface area (Å²) in [7, 11) is 0. The van der Waals surface area contributed by atoms with E-state index in [9.17, 15) is 9.59 Å². The smallest absolute Gasteiger partial charge is 0.410 e. The van der Waals surface area contributed by atoms with Crippen molar-refractivity contribution in [2.24, 2.45) is 0 Å². The second kappa shape index (κ2) is 12.2. The van der Waals surface area contributed by atoms with Crippen LogP contribution in [0.25, 0.3) is 11.0 Å². The second-order valence-electron chi connectivity index (χ2n) is 11.9. The highest BCUT2D eigenvalue weighted by atomic mass is 16.6. The third-order valence-corrected chi connectivity index (χ3v) is 7.52. The molecule has 3 aromatic rings. The van der Waals surface area contributed by atoms with Crippen LogP contribution in [0.4, 0.5) is 4.79 Å². The van der Waals surface area contributed by atoms with E-state index in [2.05, 4.69) is 16.3 Å². The predicted molar refractivity (Wildman–Crippen MR) is 155 cm³/mol. The average molecular weight is 559 g/mol. The summed E-state index contributed by atoms with van der Waals surface area (Å²) in [5.41, 5.74) is 2.00. The SMILES string of the molecule is CC(C)(C)OC(=O)N1CCC(NC(=O)c2cc3cc(OC4CCN(Cc5ccc(C#N)cc5)CC4)ccc3o2)CC1. The second-order valence-corrected chi connectivity index (χ2v) is 11.9. The molecule has 0 radical (unpaired) electrons. The Labute approximate surface area is 241 Å². The maximum atomic E-state index is 12.9. The molecule has 2 fully saturated rings. The van der Waals surface area contributed by atoms with E-state index < -0.39 is 5.60 Å². The summed E-state index contributed by atoms with van der Waals surface area (Å²) >= 11 is 0. The molecule has 1 N–H and O–H groups in total. The van der Waals surface area contributed by atoms with Crippen molar-refractivity contribution in [3.8, 4) is 11.8 Å². The number of piperidine rings is 2. The summed E-state index contributed by atoms with van der Waals surface area (Å²) in [6.45, 7) is 9.39. The van der Waals surface area contributed by atoms with Crippen LogP contribution in [0.2, 0.25) is 0 Å². The number of furan rings is 1. The summed E-state index contributed by atoms with van der Waals surface area (Å²) in [5.74, 6) is 0.780. The minimum absolute atomic E-state index is 0.0314. The van der Waals surface area contributed by atoms with E-state index in [1.54, 1.807) is 11.0 Å². The van der Waals surface area contributed by atoms with Crippen molar-refractivity contribution < 1.29 is 23.5 Å². The molecule has 9 heteroatoms. The normalized spacial score (nSPS) is 17.3. The molecule has 2 aliphatic rings. The number of likely N-dealkylation sites (tertiary alicyclic amines) is 2. The Balaban J connectivity index is 1.09. The summed E-state index contributed by atoms with van der Waals surface area (Å²) < 4.78 is 17.6. The topological polar surface area (TPSA) is 108 Å². The zero-order valence-electron chi connectivity index (χ0n) is 24.0. The van der Waals surface area contributed by atoms with Crippen LogP contribution >= 0.6 is 0 Å². The number of nitrogens with zero attached hydrogens (tertiary/aromatic N) is 3. The number of hydrogen-bond donors (Lipinski definition) is 1. The third kappa shape index (κ3) is 7.59. The molecule has 216 valence electrons. The Hall–Kier alpha value is -4.03. The molecular weight excluding hydrogens is 520 g/mol. The lowest BCUT2D eigenvalue weighted by molar-refractivity contribution is 0.0199. The van der Waals surface area contributed by atoms with E-state index in [0.29, 0.717) is 37.1 Å². The molecule has 41 heavy (non-hydrogen) atoms. The summed E-state index contributed by atoms with van der Waals surface area (Å²) in [5, 5.41) is 12.9. The van der Waals surface area contributed by atoms with E-state index in [0.717, 1.165) is 43.6 Å². The van der Waals surface area contributed by atoms with Gasteiger partial charge in [-0.2, -0.15) is 5.26 Å². The van der Waals surface area contributed by atoms with Crippen LogP contribution in [-0.2, 0) is 11.3 Å². The molecule has 0 atom stereocenters. The monoisotopic (exact) mass is 558 g/mol. The number of rotatable bonds is 6. The van der Waals surface area contributed by atoms with Crippen molar-refractivity contribution in [3.63, 3.8) is 0 Å². The lowest BCUT2D eigenvalue weighted by Crippen LogP contribution is -2.47. The van der Waals surface area contributed by atoms with Gasteiger partial charge in [0.1, 0.15) is 23.0 Å². The molecule has 2 aromatic carbocycles. The number of fused-ring (bicyclic) bond motifs is 1. The fraction of sp³-hybridized carbons (Fsp3) is 0.469. The van der Waals surface area contributed by atoms with Crippen molar-refractivity contribution in [1.29, 1.82) is 5.26 Å². The molecule has 0 unspecified atom stereocenters. The van der Waals surface area contributed by atoms with Gasteiger partial charge in [0.2, 0.25) is 0 Å². The molecule has 9 nitrogen and oxygen atoms in total. The molecule has 0 bridgehead atoms. The highest BCUT2D eigenvalue weighted by Gasteiger charge is 2.28. The van der Waals surface area contributed by atoms with Gasteiger partial charge in [0.05, 0.1) is 11.6 Å². The predicted octanol–water partition coefficient (Wildman–Crippen LogP) is 5.48. The fourth-order valence-corrected chi connectivity index (χ4v) is 5.32. The molecule has 2 saturated heterocycles. The lowest BCUT2D eigenvalue weighted by Gasteiger charge is -2.33. The first-order valence-electron chi connectivity index (χ1n) is 14.4. The van der Waals surface area contributed by atoms with Crippen molar-refractivity contribution in [1.82, 2.24) is 15.1 Å². The zero-order chi connectivity index (χ0) is 29.0. The van der Waals surface area contributed by atoms with Crippen LogP contribution in [0.5, 0.6) is 5.75 Å². The van der Waals surface area contributed by atoms with Gasteiger partial charge < -0.3 is 24.1 Å². The van der Waals surface area contributed by atoms with Crippen molar-refractivity contribution >= 4 is 23.0 Å². The number of carbonyl (C=O) groups excluding carboxylic acids is 2. The Morgan fingerprint density at radius 2 is 1.71 bits per heavy atom. The van der Waals surface area contributed by atoms with E-state index in [-0.39, 0.29) is 29.9 Å². The summed E-state index contributed by atoms with van der Waals surface area (Å²) in [6, 6.07) is 17.3. The van der Waals surface area contributed by atoms with E-state index in [1.807, 2.05) is 63.2 Å². The van der Waals surface area contributed by atoms with Gasteiger partial charge in [-0.1, -0.05) is 12.1 Å². The fourth-order valence-electron chi connectivity index (χ4n) is 5.32.